The van der Waals surface area contributed by atoms with Gasteiger partial charge in [-0.2, -0.15) is 0 Å². The van der Waals surface area contributed by atoms with Crippen LogP contribution < -0.4 is 4.74 Å². The summed E-state index contributed by atoms with van der Waals surface area (Å²) in [5.74, 6) is -0.273. The van der Waals surface area contributed by atoms with Crippen LogP contribution in [0.25, 0.3) is 0 Å². The highest BCUT2D eigenvalue weighted by molar-refractivity contribution is 5.79. The van der Waals surface area contributed by atoms with Crippen LogP contribution in [-0.2, 0) is 14.3 Å². The third-order valence-corrected chi connectivity index (χ3v) is 2.71. The zero-order valence-corrected chi connectivity index (χ0v) is 11.7. The number of carbonyl (C=O) groups is 2. The van der Waals surface area contributed by atoms with Gasteiger partial charge in [0.1, 0.15) is 5.75 Å². The second-order valence-electron chi connectivity index (χ2n) is 4.44. The van der Waals surface area contributed by atoms with Crippen molar-refractivity contribution < 1.29 is 19.1 Å². The fraction of sp³-hybridized carbons (Fsp3) is 0.467. The van der Waals surface area contributed by atoms with E-state index in [-0.39, 0.29) is 18.8 Å². The van der Waals surface area contributed by atoms with E-state index in [9.17, 15) is 9.59 Å². The SMILES string of the molecule is CCCOC(=O)CCC(=O)Oc1ccc(C)c(C)c1. The summed E-state index contributed by atoms with van der Waals surface area (Å²) in [4.78, 5) is 22.8. The Morgan fingerprint density at radius 3 is 2.37 bits per heavy atom. The van der Waals surface area contributed by atoms with Gasteiger partial charge in [-0.3, -0.25) is 9.59 Å². The third-order valence-electron chi connectivity index (χ3n) is 2.71. The molecule has 0 fully saturated rings. The van der Waals surface area contributed by atoms with Gasteiger partial charge in [-0.1, -0.05) is 13.0 Å². The zero-order valence-electron chi connectivity index (χ0n) is 11.7. The summed E-state index contributed by atoms with van der Waals surface area (Å²) >= 11 is 0. The number of aryl methyl sites for hydroxylation is 2. The Balaban J connectivity index is 2.38. The van der Waals surface area contributed by atoms with Crippen molar-refractivity contribution in [2.75, 3.05) is 6.61 Å². The average molecular weight is 264 g/mol. The summed E-state index contributed by atoms with van der Waals surface area (Å²) < 4.78 is 10.0. The van der Waals surface area contributed by atoms with Crippen LogP contribution in [0, 0.1) is 13.8 Å². The van der Waals surface area contributed by atoms with Crippen molar-refractivity contribution in [1.29, 1.82) is 0 Å². The second kappa shape index (κ2) is 7.56. The molecule has 1 aromatic carbocycles. The minimum atomic E-state index is -0.420. The van der Waals surface area contributed by atoms with Crippen LogP contribution in [0.5, 0.6) is 5.75 Å². The smallest absolute Gasteiger partial charge is 0.311 e. The van der Waals surface area contributed by atoms with Gasteiger partial charge in [0.25, 0.3) is 0 Å². The predicted molar refractivity (Wildman–Crippen MR) is 72.0 cm³/mol. The Morgan fingerprint density at radius 1 is 1.05 bits per heavy atom. The molecular formula is C15H20O4. The topological polar surface area (TPSA) is 52.6 Å². The molecule has 0 heterocycles. The van der Waals surface area contributed by atoms with Gasteiger partial charge in [-0.05, 0) is 43.5 Å². The maximum atomic E-state index is 11.6. The van der Waals surface area contributed by atoms with E-state index in [4.69, 9.17) is 9.47 Å². The molecule has 1 rings (SSSR count). The van der Waals surface area contributed by atoms with Gasteiger partial charge in [0.15, 0.2) is 0 Å². The highest BCUT2D eigenvalue weighted by atomic mass is 16.5. The standard InChI is InChI=1S/C15H20O4/c1-4-9-18-14(16)7-8-15(17)19-13-6-5-11(2)12(3)10-13/h5-6,10H,4,7-9H2,1-3H3. The molecule has 0 aliphatic rings. The predicted octanol–water partition coefficient (Wildman–Crippen LogP) is 2.94. The maximum Gasteiger partial charge on any atom is 0.311 e. The average Bonchev–Trinajstić information content (AvgIpc) is 2.38. The van der Waals surface area contributed by atoms with Crippen molar-refractivity contribution in [3.8, 4) is 5.75 Å². The summed E-state index contributed by atoms with van der Waals surface area (Å²) in [7, 11) is 0. The first-order valence-electron chi connectivity index (χ1n) is 6.46. The Kier molecular flexibility index (Phi) is 6.06. The lowest BCUT2D eigenvalue weighted by molar-refractivity contribution is -0.146. The second-order valence-corrected chi connectivity index (χ2v) is 4.44. The van der Waals surface area contributed by atoms with E-state index in [1.807, 2.05) is 32.9 Å². The lowest BCUT2D eigenvalue weighted by Gasteiger charge is -2.06. The normalized spacial score (nSPS) is 10.1. The zero-order chi connectivity index (χ0) is 14.3. The van der Waals surface area contributed by atoms with Gasteiger partial charge in [0.05, 0.1) is 19.4 Å². The van der Waals surface area contributed by atoms with Crippen molar-refractivity contribution in [3.63, 3.8) is 0 Å². The summed E-state index contributed by atoms with van der Waals surface area (Å²) in [6, 6.07) is 5.45. The number of esters is 2. The Hall–Kier alpha value is -1.84. The molecule has 0 bridgehead atoms. The largest absolute Gasteiger partial charge is 0.466 e. The fourth-order valence-corrected chi connectivity index (χ4v) is 1.45. The van der Waals surface area contributed by atoms with Crippen molar-refractivity contribution in [3.05, 3.63) is 29.3 Å². The van der Waals surface area contributed by atoms with E-state index >= 15 is 0 Å². The van der Waals surface area contributed by atoms with Crippen molar-refractivity contribution in [2.24, 2.45) is 0 Å². The molecule has 0 radical (unpaired) electrons. The molecule has 4 nitrogen and oxygen atoms in total. The van der Waals surface area contributed by atoms with E-state index in [0.29, 0.717) is 12.4 Å². The number of hydrogen-bond donors (Lipinski definition) is 0. The van der Waals surface area contributed by atoms with Gasteiger partial charge >= 0.3 is 11.9 Å². The summed E-state index contributed by atoms with van der Waals surface area (Å²) in [5.41, 5.74) is 2.20. The number of carbonyl (C=O) groups excluding carboxylic acids is 2. The van der Waals surface area contributed by atoms with E-state index < -0.39 is 5.97 Å². The maximum absolute atomic E-state index is 11.6. The molecule has 4 heteroatoms. The monoisotopic (exact) mass is 264 g/mol. The van der Waals surface area contributed by atoms with Crippen molar-refractivity contribution >= 4 is 11.9 Å². The summed E-state index contributed by atoms with van der Waals surface area (Å²) in [5, 5.41) is 0. The molecule has 0 aromatic heterocycles. The first-order chi connectivity index (χ1) is 9.02. The molecular weight excluding hydrogens is 244 g/mol. The molecule has 0 amide bonds. The minimum Gasteiger partial charge on any atom is -0.466 e. The van der Waals surface area contributed by atoms with Crippen LogP contribution in [0.1, 0.15) is 37.3 Å². The Bertz CT molecular complexity index is 451. The number of benzene rings is 1. The summed E-state index contributed by atoms with van der Waals surface area (Å²) in [6.45, 7) is 6.26. The summed E-state index contributed by atoms with van der Waals surface area (Å²) in [6.07, 6.45) is 0.873. The van der Waals surface area contributed by atoms with Gasteiger partial charge in [0.2, 0.25) is 0 Å². The van der Waals surface area contributed by atoms with Crippen LogP contribution in [-0.4, -0.2) is 18.5 Å². The van der Waals surface area contributed by atoms with E-state index in [2.05, 4.69) is 0 Å². The van der Waals surface area contributed by atoms with E-state index in [1.165, 1.54) is 0 Å². The lowest BCUT2D eigenvalue weighted by Crippen LogP contribution is -2.12. The van der Waals surface area contributed by atoms with Crippen LogP contribution in [0.15, 0.2) is 18.2 Å². The van der Waals surface area contributed by atoms with Gasteiger partial charge < -0.3 is 9.47 Å². The van der Waals surface area contributed by atoms with Gasteiger partial charge in [-0.15, -0.1) is 0 Å². The lowest BCUT2D eigenvalue weighted by atomic mass is 10.1. The first kappa shape index (κ1) is 15.2. The van der Waals surface area contributed by atoms with E-state index in [1.54, 1.807) is 6.07 Å². The van der Waals surface area contributed by atoms with Crippen LogP contribution in [0.2, 0.25) is 0 Å². The third kappa shape index (κ3) is 5.55. The Morgan fingerprint density at radius 2 is 1.74 bits per heavy atom. The molecule has 0 saturated heterocycles. The molecule has 1 aromatic rings. The van der Waals surface area contributed by atoms with Crippen molar-refractivity contribution in [1.82, 2.24) is 0 Å². The van der Waals surface area contributed by atoms with Crippen LogP contribution >= 0.6 is 0 Å². The van der Waals surface area contributed by atoms with E-state index in [0.717, 1.165) is 17.5 Å². The quantitative estimate of drug-likeness (QED) is 0.585. The highest BCUT2D eigenvalue weighted by Crippen LogP contribution is 2.17. The molecule has 0 saturated carbocycles. The minimum absolute atomic E-state index is 0.0372. The fourth-order valence-electron chi connectivity index (χ4n) is 1.45. The Labute approximate surface area is 113 Å². The first-order valence-corrected chi connectivity index (χ1v) is 6.46. The molecule has 0 atom stereocenters. The molecule has 0 aliphatic carbocycles. The molecule has 19 heavy (non-hydrogen) atoms. The van der Waals surface area contributed by atoms with Gasteiger partial charge in [0, 0.05) is 0 Å². The molecule has 0 unspecified atom stereocenters. The highest BCUT2D eigenvalue weighted by Gasteiger charge is 2.10. The molecule has 0 N–H and O–H groups in total. The van der Waals surface area contributed by atoms with Gasteiger partial charge in [-0.25, -0.2) is 0 Å². The van der Waals surface area contributed by atoms with Crippen LogP contribution in [0.4, 0.5) is 0 Å². The van der Waals surface area contributed by atoms with Crippen LogP contribution in [0.3, 0.4) is 0 Å². The number of hydrogen-bond acceptors (Lipinski definition) is 4. The number of rotatable bonds is 6. The van der Waals surface area contributed by atoms with Crippen molar-refractivity contribution in [2.45, 2.75) is 40.0 Å². The molecule has 0 aliphatic heterocycles. The number of ether oxygens (including phenoxy) is 2. The molecule has 104 valence electrons. The molecule has 0 spiro atoms.